The Hall–Kier alpha value is 0.140. The fourth-order valence-electron chi connectivity index (χ4n) is 3.52. The second-order valence-electron chi connectivity index (χ2n) is 6.84. The summed E-state index contributed by atoms with van der Waals surface area (Å²) < 4.78 is 13.5. The predicted octanol–water partition coefficient (Wildman–Crippen LogP) is 1.87. The van der Waals surface area contributed by atoms with E-state index in [-0.39, 0.29) is 39.4 Å². The minimum atomic E-state index is -0.239. The average Bonchev–Trinajstić information content (AvgIpc) is 3.02. The van der Waals surface area contributed by atoms with Crippen LogP contribution in [0.1, 0.15) is 46.0 Å². The summed E-state index contributed by atoms with van der Waals surface area (Å²) >= 11 is -0.239. The molecule has 0 bridgehead atoms. The lowest BCUT2D eigenvalue weighted by atomic mass is 10.0. The molecule has 2 aliphatic rings. The predicted molar refractivity (Wildman–Crippen MR) is 107 cm³/mol. The maximum Gasteiger partial charge on any atom is 0.108 e. The first-order valence-corrected chi connectivity index (χ1v) is 11.0. The number of halogens is 1. The van der Waals surface area contributed by atoms with E-state index in [0.29, 0.717) is 12.1 Å². The van der Waals surface area contributed by atoms with Crippen LogP contribution in [0.4, 0.5) is 0 Å². The molecular formula is C17H33IN4O. The highest BCUT2D eigenvalue weighted by atomic mass is 127. The van der Waals surface area contributed by atoms with Gasteiger partial charge in [-0.2, -0.15) is 0 Å². The summed E-state index contributed by atoms with van der Waals surface area (Å²) in [5, 5.41) is 3.71. The van der Waals surface area contributed by atoms with Gasteiger partial charge >= 0.3 is 0 Å². The number of nitrogens with one attached hydrogen (secondary N) is 1. The van der Waals surface area contributed by atoms with E-state index in [9.17, 15) is 0 Å². The van der Waals surface area contributed by atoms with Crippen molar-refractivity contribution < 1.29 is 4.74 Å². The largest absolute Gasteiger partial charge is 0.356 e. The quantitative estimate of drug-likeness (QED) is 0.246. The lowest BCUT2D eigenvalue weighted by Crippen LogP contribution is -2.50. The molecule has 0 saturated heterocycles. The number of hydrogen-bond donors (Lipinski definition) is 3. The highest BCUT2D eigenvalue weighted by Crippen LogP contribution is 2.26. The van der Waals surface area contributed by atoms with Crippen LogP contribution in [0.3, 0.4) is 0 Å². The third-order valence-electron chi connectivity index (χ3n) is 5.10. The summed E-state index contributed by atoms with van der Waals surface area (Å²) in [6, 6.07) is 1.30. The molecule has 5 N–H and O–H groups in total. The zero-order valence-corrected chi connectivity index (χ0v) is 16.8. The van der Waals surface area contributed by atoms with Crippen molar-refractivity contribution in [3.05, 3.63) is 12.2 Å². The molecule has 23 heavy (non-hydrogen) atoms. The molecule has 6 heteroatoms. The van der Waals surface area contributed by atoms with Gasteiger partial charge in [-0.1, -0.05) is 18.6 Å². The zero-order valence-electron chi connectivity index (χ0n) is 14.7. The van der Waals surface area contributed by atoms with Crippen molar-refractivity contribution in [2.75, 3.05) is 13.6 Å². The van der Waals surface area contributed by atoms with Gasteiger partial charge in [0, 0.05) is 24.7 Å². The van der Waals surface area contributed by atoms with Crippen LogP contribution in [0.15, 0.2) is 12.2 Å². The topological polar surface area (TPSA) is 76.5 Å². The van der Waals surface area contributed by atoms with Gasteiger partial charge in [-0.25, -0.2) is 0 Å². The van der Waals surface area contributed by atoms with Gasteiger partial charge in [0.2, 0.25) is 0 Å². The molecule has 1 fully saturated rings. The van der Waals surface area contributed by atoms with Crippen LogP contribution >= 0.6 is 21.0 Å². The maximum atomic E-state index is 6.24. The van der Waals surface area contributed by atoms with Crippen molar-refractivity contribution >= 4 is 24.5 Å². The smallest absolute Gasteiger partial charge is 0.108 e. The van der Waals surface area contributed by atoms with Gasteiger partial charge in [0.15, 0.2) is 0 Å². The minimum Gasteiger partial charge on any atom is -0.356 e. The fraction of sp³-hybridized carbons (Fsp3) is 0.824. The van der Waals surface area contributed by atoms with E-state index in [1.54, 1.807) is 0 Å². The molecule has 5 nitrogen and oxygen atoms in total. The van der Waals surface area contributed by atoms with Gasteiger partial charge in [-0.3, -0.25) is 8.85 Å². The second kappa shape index (κ2) is 9.58. The van der Waals surface area contributed by atoms with Crippen LogP contribution in [0.5, 0.6) is 0 Å². The number of nitrogens with two attached hydrogens (primary N) is 2. The van der Waals surface area contributed by atoms with Crippen molar-refractivity contribution in [1.29, 1.82) is 0 Å². The molecular weight excluding hydrogens is 403 g/mol. The monoisotopic (exact) mass is 436 g/mol. The van der Waals surface area contributed by atoms with Crippen molar-refractivity contribution in [1.82, 2.24) is 10.2 Å². The highest BCUT2D eigenvalue weighted by molar-refractivity contribution is 14.2. The van der Waals surface area contributed by atoms with E-state index in [1.165, 1.54) is 22.8 Å². The molecule has 0 aliphatic heterocycles. The summed E-state index contributed by atoms with van der Waals surface area (Å²) in [6.45, 7) is 5.30. The van der Waals surface area contributed by atoms with Crippen molar-refractivity contribution in [2.24, 2.45) is 9.68 Å². The first-order valence-electron chi connectivity index (χ1n) is 8.72. The van der Waals surface area contributed by atoms with E-state index < -0.39 is 0 Å². The van der Waals surface area contributed by atoms with Gasteiger partial charge in [0.1, 0.15) is 6.23 Å². The van der Waals surface area contributed by atoms with Gasteiger partial charge in [-0.15, -0.1) is 0 Å². The molecule has 2 aliphatic carbocycles. The Balaban J connectivity index is 1.84. The number of likely N-dealkylation sites (N-methyl/N-ethyl adjacent to an activating group) is 1. The SMILES string of the molecule is CC(CN[C@@H]1CCC[C@@H]1N(C)[C@H](C)OC1C=CC(N)CC1)=IN. The molecule has 0 aromatic rings. The van der Waals surface area contributed by atoms with Crippen molar-refractivity contribution in [3.8, 4) is 0 Å². The Morgan fingerprint density at radius 1 is 1.35 bits per heavy atom. The molecule has 0 aromatic heterocycles. The van der Waals surface area contributed by atoms with Crippen LogP contribution in [0, 0.1) is 0 Å². The number of ether oxygens (including phenoxy) is 1. The van der Waals surface area contributed by atoms with Crippen molar-refractivity contribution in [2.45, 2.75) is 76.4 Å². The first kappa shape index (κ1) is 19.5. The van der Waals surface area contributed by atoms with Gasteiger partial charge in [-0.05, 0) is 71.1 Å². The summed E-state index contributed by atoms with van der Waals surface area (Å²) in [6.07, 6.45) is 10.4. The van der Waals surface area contributed by atoms with E-state index in [0.717, 1.165) is 19.4 Å². The Labute approximate surface area is 151 Å². The van der Waals surface area contributed by atoms with Crippen LogP contribution in [-0.4, -0.2) is 52.5 Å². The van der Waals surface area contributed by atoms with Crippen LogP contribution in [0.2, 0.25) is 0 Å². The lowest BCUT2D eigenvalue weighted by molar-refractivity contribution is -0.0843. The fourth-order valence-corrected chi connectivity index (χ4v) is 3.96. The maximum absolute atomic E-state index is 6.24. The molecule has 1 saturated carbocycles. The van der Waals surface area contributed by atoms with Gasteiger partial charge in [0.25, 0.3) is 0 Å². The third kappa shape index (κ3) is 5.86. The average molecular weight is 436 g/mol. The molecule has 0 aromatic carbocycles. The van der Waals surface area contributed by atoms with Crippen LogP contribution in [-0.2, 0) is 4.74 Å². The standard InChI is InChI=1S/C17H33IN4O/c1-12(18-20)11-21-16-5-4-6-17(16)22(3)13(2)23-15-9-7-14(19)8-10-15/h7,9,13-17,21H,4-6,8,10-11,19-20H2,1-3H3/t13-,14?,15?,16+,17-/m0/s1. The first-order chi connectivity index (χ1) is 11.0. The second-order valence-corrected chi connectivity index (χ2v) is 9.30. The molecule has 0 amide bonds. The van der Waals surface area contributed by atoms with Crippen molar-refractivity contribution in [3.63, 3.8) is 0 Å². The van der Waals surface area contributed by atoms with Gasteiger partial charge in [0.05, 0.1) is 6.10 Å². The zero-order chi connectivity index (χ0) is 16.8. The summed E-state index contributed by atoms with van der Waals surface area (Å²) in [7, 11) is 2.19. The van der Waals surface area contributed by atoms with Gasteiger partial charge < -0.3 is 15.8 Å². The molecule has 0 radical (unpaired) electrons. The number of rotatable bonds is 7. The van der Waals surface area contributed by atoms with E-state index in [2.05, 4.69) is 43.3 Å². The summed E-state index contributed by atoms with van der Waals surface area (Å²) in [5.74, 6) is 0. The number of nitrogens with zero attached hydrogens (tertiary/aromatic N) is 1. The molecule has 0 spiro atoms. The normalized spacial score (nSPS) is 33.7. The third-order valence-corrected chi connectivity index (χ3v) is 6.54. The van der Waals surface area contributed by atoms with E-state index in [4.69, 9.17) is 14.4 Å². The molecule has 5 atom stereocenters. The summed E-state index contributed by atoms with van der Waals surface area (Å²) in [4.78, 5) is 2.40. The highest BCUT2D eigenvalue weighted by Gasteiger charge is 2.33. The lowest BCUT2D eigenvalue weighted by Gasteiger charge is -2.36. The molecule has 134 valence electrons. The van der Waals surface area contributed by atoms with Crippen LogP contribution in [0.25, 0.3) is 0 Å². The molecule has 2 rings (SSSR count). The molecule has 0 heterocycles. The Kier molecular flexibility index (Phi) is 8.11. The Bertz CT molecular complexity index is 429. The van der Waals surface area contributed by atoms with E-state index >= 15 is 0 Å². The van der Waals surface area contributed by atoms with Crippen LogP contribution < -0.4 is 15.0 Å². The van der Waals surface area contributed by atoms with E-state index in [1.807, 2.05) is 0 Å². The minimum absolute atomic E-state index is 0.124. The summed E-state index contributed by atoms with van der Waals surface area (Å²) in [5.41, 5.74) is 5.90. The number of hydrogen-bond acceptors (Lipinski definition) is 5. The Morgan fingerprint density at radius 2 is 2.13 bits per heavy atom. The molecule has 2 unspecified atom stereocenters. The Morgan fingerprint density at radius 3 is 2.78 bits per heavy atom.